The summed E-state index contributed by atoms with van der Waals surface area (Å²) < 4.78 is 12.3. The fourth-order valence-corrected chi connectivity index (χ4v) is 1.96. The number of ether oxygens (including phenoxy) is 2. The molecular weight excluding hydrogens is 306 g/mol. The van der Waals surface area contributed by atoms with Crippen molar-refractivity contribution in [2.24, 2.45) is 5.73 Å². The van der Waals surface area contributed by atoms with E-state index in [4.69, 9.17) is 15.2 Å². The molecule has 0 aliphatic heterocycles. The average molecular weight is 322 g/mol. The second-order valence-electron chi connectivity index (χ2n) is 4.00. The van der Waals surface area contributed by atoms with Gasteiger partial charge in [-0.05, 0) is 23.8 Å². The molecule has 0 atom stereocenters. The van der Waals surface area contributed by atoms with E-state index in [0.717, 1.165) is 10.0 Å². The van der Waals surface area contributed by atoms with Gasteiger partial charge in [-0.2, -0.15) is 0 Å². The zero-order chi connectivity index (χ0) is 13.5. The predicted molar refractivity (Wildman–Crippen MR) is 79.5 cm³/mol. The van der Waals surface area contributed by atoms with E-state index in [9.17, 15) is 0 Å². The monoisotopic (exact) mass is 321 g/mol. The molecule has 0 saturated carbocycles. The maximum Gasteiger partial charge on any atom is 0.162 e. The lowest BCUT2D eigenvalue weighted by Gasteiger charge is -2.12. The van der Waals surface area contributed by atoms with E-state index in [1.807, 2.05) is 48.5 Å². The zero-order valence-corrected chi connectivity index (χ0v) is 12.1. The Morgan fingerprint density at radius 2 is 1.74 bits per heavy atom. The standard InChI is InChI=1S/C15H16BrNO2/c16-13-6-7-14(18-9-8-17)15(10-13)19-11-12-4-2-1-3-5-12/h1-7,10H,8-9,11,17H2. The molecule has 2 aromatic carbocycles. The second kappa shape index (κ2) is 7.16. The van der Waals surface area contributed by atoms with Crippen LogP contribution in [0, 0.1) is 0 Å². The van der Waals surface area contributed by atoms with Gasteiger partial charge in [0.15, 0.2) is 11.5 Å². The topological polar surface area (TPSA) is 44.5 Å². The number of benzene rings is 2. The van der Waals surface area contributed by atoms with Gasteiger partial charge in [0, 0.05) is 11.0 Å². The maximum atomic E-state index is 5.81. The molecule has 0 fully saturated rings. The Kier molecular flexibility index (Phi) is 5.24. The van der Waals surface area contributed by atoms with Crippen LogP contribution in [0.4, 0.5) is 0 Å². The van der Waals surface area contributed by atoms with Crippen LogP contribution in [0.25, 0.3) is 0 Å². The number of hydrogen-bond donors (Lipinski definition) is 1. The average Bonchev–Trinajstić information content (AvgIpc) is 2.45. The van der Waals surface area contributed by atoms with Gasteiger partial charge in [0.05, 0.1) is 0 Å². The minimum Gasteiger partial charge on any atom is -0.488 e. The fraction of sp³-hybridized carbons (Fsp3) is 0.200. The summed E-state index contributed by atoms with van der Waals surface area (Å²) in [6, 6.07) is 15.7. The molecule has 19 heavy (non-hydrogen) atoms. The molecule has 100 valence electrons. The molecule has 2 aromatic rings. The van der Waals surface area contributed by atoms with Crippen molar-refractivity contribution >= 4 is 15.9 Å². The third-order valence-corrected chi connectivity index (χ3v) is 3.01. The molecule has 4 heteroatoms. The molecule has 0 aliphatic rings. The van der Waals surface area contributed by atoms with Crippen molar-refractivity contribution < 1.29 is 9.47 Å². The third kappa shape index (κ3) is 4.26. The van der Waals surface area contributed by atoms with Crippen LogP contribution in [0.3, 0.4) is 0 Å². The highest BCUT2D eigenvalue weighted by atomic mass is 79.9. The van der Waals surface area contributed by atoms with Gasteiger partial charge in [0.2, 0.25) is 0 Å². The summed E-state index contributed by atoms with van der Waals surface area (Å²) in [5.74, 6) is 1.43. The van der Waals surface area contributed by atoms with E-state index in [1.165, 1.54) is 0 Å². The van der Waals surface area contributed by atoms with E-state index in [0.29, 0.717) is 31.3 Å². The Bertz CT molecular complexity index is 517. The van der Waals surface area contributed by atoms with E-state index < -0.39 is 0 Å². The molecule has 2 N–H and O–H groups in total. The largest absolute Gasteiger partial charge is 0.488 e. The molecule has 0 amide bonds. The quantitative estimate of drug-likeness (QED) is 0.887. The molecule has 0 heterocycles. The highest BCUT2D eigenvalue weighted by molar-refractivity contribution is 9.10. The van der Waals surface area contributed by atoms with Crippen LogP contribution in [0.1, 0.15) is 5.56 Å². The number of halogens is 1. The van der Waals surface area contributed by atoms with Crippen molar-refractivity contribution in [3.8, 4) is 11.5 Å². The summed E-state index contributed by atoms with van der Waals surface area (Å²) in [7, 11) is 0. The summed E-state index contributed by atoms with van der Waals surface area (Å²) in [4.78, 5) is 0. The Morgan fingerprint density at radius 1 is 0.947 bits per heavy atom. The van der Waals surface area contributed by atoms with Crippen molar-refractivity contribution in [3.63, 3.8) is 0 Å². The normalized spacial score (nSPS) is 10.2. The molecular formula is C15H16BrNO2. The SMILES string of the molecule is NCCOc1ccc(Br)cc1OCc1ccccc1. The predicted octanol–water partition coefficient (Wildman–Crippen LogP) is 3.37. The van der Waals surface area contributed by atoms with Gasteiger partial charge in [-0.15, -0.1) is 0 Å². The van der Waals surface area contributed by atoms with Crippen LogP contribution in [-0.4, -0.2) is 13.2 Å². The molecule has 0 aliphatic carbocycles. The van der Waals surface area contributed by atoms with Crippen molar-refractivity contribution in [3.05, 3.63) is 58.6 Å². The molecule has 0 unspecified atom stereocenters. The van der Waals surface area contributed by atoms with Gasteiger partial charge >= 0.3 is 0 Å². The summed E-state index contributed by atoms with van der Waals surface area (Å²) in [6.45, 7) is 1.47. The van der Waals surface area contributed by atoms with E-state index >= 15 is 0 Å². The molecule has 0 aromatic heterocycles. The van der Waals surface area contributed by atoms with Crippen LogP contribution in [0.15, 0.2) is 53.0 Å². The molecule has 3 nitrogen and oxygen atoms in total. The lowest BCUT2D eigenvalue weighted by atomic mass is 10.2. The Morgan fingerprint density at radius 3 is 2.47 bits per heavy atom. The van der Waals surface area contributed by atoms with Crippen molar-refractivity contribution in [2.75, 3.05) is 13.2 Å². The zero-order valence-electron chi connectivity index (χ0n) is 10.5. The van der Waals surface area contributed by atoms with Gasteiger partial charge in [-0.3, -0.25) is 0 Å². The van der Waals surface area contributed by atoms with E-state index in [-0.39, 0.29) is 0 Å². The number of rotatable bonds is 6. The minimum atomic E-state index is 0.476. The summed E-state index contributed by atoms with van der Waals surface area (Å²) >= 11 is 3.43. The fourth-order valence-electron chi connectivity index (χ4n) is 1.62. The smallest absolute Gasteiger partial charge is 0.162 e. The van der Waals surface area contributed by atoms with E-state index in [2.05, 4.69) is 15.9 Å². The second-order valence-corrected chi connectivity index (χ2v) is 4.92. The molecule has 0 spiro atoms. The highest BCUT2D eigenvalue weighted by Crippen LogP contribution is 2.31. The lowest BCUT2D eigenvalue weighted by Crippen LogP contribution is -2.11. The Labute approximate surface area is 121 Å². The Hall–Kier alpha value is -1.52. The van der Waals surface area contributed by atoms with Gasteiger partial charge in [0.25, 0.3) is 0 Å². The molecule has 0 radical (unpaired) electrons. The van der Waals surface area contributed by atoms with Crippen molar-refractivity contribution in [2.45, 2.75) is 6.61 Å². The first kappa shape index (κ1) is 13.9. The summed E-state index contributed by atoms with van der Waals surface area (Å²) in [5, 5.41) is 0. The van der Waals surface area contributed by atoms with Gasteiger partial charge in [-0.25, -0.2) is 0 Å². The van der Waals surface area contributed by atoms with Crippen molar-refractivity contribution in [1.29, 1.82) is 0 Å². The van der Waals surface area contributed by atoms with Gasteiger partial charge < -0.3 is 15.2 Å². The van der Waals surface area contributed by atoms with Crippen molar-refractivity contribution in [1.82, 2.24) is 0 Å². The van der Waals surface area contributed by atoms with Crippen LogP contribution < -0.4 is 15.2 Å². The van der Waals surface area contributed by atoms with E-state index in [1.54, 1.807) is 0 Å². The van der Waals surface area contributed by atoms with Crippen LogP contribution >= 0.6 is 15.9 Å². The maximum absolute atomic E-state index is 5.81. The first-order valence-electron chi connectivity index (χ1n) is 6.09. The summed E-state index contributed by atoms with van der Waals surface area (Å²) in [6.07, 6.45) is 0. The third-order valence-electron chi connectivity index (χ3n) is 2.52. The van der Waals surface area contributed by atoms with Crippen LogP contribution in [0.5, 0.6) is 11.5 Å². The van der Waals surface area contributed by atoms with Crippen LogP contribution in [-0.2, 0) is 6.61 Å². The minimum absolute atomic E-state index is 0.476. The first-order chi connectivity index (χ1) is 9.29. The molecule has 2 rings (SSSR count). The van der Waals surface area contributed by atoms with Gasteiger partial charge in [-0.1, -0.05) is 46.3 Å². The lowest BCUT2D eigenvalue weighted by molar-refractivity contribution is 0.265. The Balaban J connectivity index is 2.07. The summed E-state index contributed by atoms with van der Waals surface area (Å²) in [5.41, 5.74) is 6.56. The number of nitrogens with two attached hydrogens (primary N) is 1. The molecule has 0 bridgehead atoms. The highest BCUT2D eigenvalue weighted by Gasteiger charge is 2.06. The first-order valence-corrected chi connectivity index (χ1v) is 6.88. The van der Waals surface area contributed by atoms with Crippen LogP contribution in [0.2, 0.25) is 0 Å². The number of hydrogen-bond acceptors (Lipinski definition) is 3. The van der Waals surface area contributed by atoms with Gasteiger partial charge in [0.1, 0.15) is 13.2 Å². The molecule has 0 saturated heterocycles.